The van der Waals surface area contributed by atoms with Crippen molar-refractivity contribution in [3.8, 4) is 0 Å². The molecule has 2 rings (SSSR count). The van der Waals surface area contributed by atoms with Crippen molar-refractivity contribution >= 4 is 16.9 Å². The highest BCUT2D eigenvalue weighted by atomic mass is 19.4. The summed E-state index contributed by atoms with van der Waals surface area (Å²) >= 11 is 0. The second-order valence-electron chi connectivity index (χ2n) is 3.42. The van der Waals surface area contributed by atoms with E-state index in [1.165, 1.54) is 19.4 Å². The van der Waals surface area contributed by atoms with Crippen LogP contribution in [0.15, 0.2) is 24.4 Å². The summed E-state index contributed by atoms with van der Waals surface area (Å²) < 4.78 is 42.5. The summed E-state index contributed by atoms with van der Waals surface area (Å²) in [5.41, 5.74) is -0.803. The van der Waals surface area contributed by atoms with E-state index >= 15 is 0 Å². The fraction of sp³-hybridized carbons (Fsp3) is 0.182. The highest BCUT2D eigenvalue weighted by molar-refractivity contribution is 6.04. The maximum Gasteiger partial charge on any atom is 0.418 e. The number of aromatic amines is 1. The Kier molecular flexibility index (Phi) is 2.57. The summed E-state index contributed by atoms with van der Waals surface area (Å²) in [6.45, 7) is 0. The number of hydrogen-bond donors (Lipinski definition) is 1. The van der Waals surface area contributed by atoms with Crippen molar-refractivity contribution in [1.29, 1.82) is 0 Å². The zero-order chi connectivity index (χ0) is 12.6. The van der Waals surface area contributed by atoms with Gasteiger partial charge in [0.05, 0.1) is 23.8 Å². The maximum absolute atomic E-state index is 12.7. The minimum Gasteiger partial charge on any atom is -0.465 e. The van der Waals surface area contributed by atoms with Crippen LogP contribution in [0.5, 0.6) is 0 Å². The number of alkyl halides is 3. The largest absolute Gasteiger partial charge is 0.465 e. The predicted octanol–water partition coefficient (Wildman–Crippen LogP) is 2.97. The summed E-state index contributed by atoms with van der Waals surface area (Å²) in [4.78, 5) is 13.9. The van der Waals surface area contributed by atoms with Gasteiger partial charge in [0.15, 0.2) is 0 Å². The van der Waals surface area contributed by atoms with Crippen LogP contribution in [0.3, 0.4) is 0 Å². The van der Waals surface area contributed by atoms with Crippen molar-refractivity contribution in [3.05, 3.63) is 35.5 Å². The molecular weight excluding hydrogens is 235 g/mol. The molecule has 1 aromatic carbocycles. The van der Waals surface area contributed by atoms with Crippen LogP contribution in [0.4, 0.5) is 13.2 Å². The average Bonchev–Trinajstić information content (AvgIpc) is 2.73. The van der Waals surface area contributed by atoms with Crippen LogP contribution in [-0.4, -0.2) is 18.1 Å². The number of hydrogen-bond acceptors (Lipinski definition) is 2. The fourth-order valence-corrected chi connectivity index (χ4v) is 1.68. The van der Waals surface area contributed by atoms with Crippen LogP contribution in [0, 0.1) is 0 Å². The zero-order valence-electron chi connectivity index (χ0n) is 8.76. The molecule has 1 N–H and O–H groups in total. The van der Waals surface area contributed by atoms with E-state index in [9.17, 15) is 18.0 Å². The number of methoxy groups -OCH3 is 1. The number of H-pyrrole nitrogens is 1. The first-order valence-corrected chi connectivity index (χ1v) is 4.70. The highest BCUT2D eigenvalue weighted by Crippen LogP contribution is 2.35. The van der Waals surface area contributed by atoms with E-state index in [4.69, 9.17) is 0 Å². The van der Waals surface area contributed by atoms with Crippen LogP contribution in [0.25, 0.3) is 10.9 Å². The third-order valence-electron chi connectivity index (χ3n) is 2.43. The number of aromatic nitrogens is 1. The van der Waals surface area contributed by atoms with Gasteiger partial charge in [-0.25, -0.2) is 4.79 Å². The lowest BCUT2D eigenvalue weighted by Crippen LogP contribution is -2.08. The lowest BCUT2D eigenvalue weighted by atomic mass is 10.1. The van der Waals surface area contributed by atoms with Crippen molar-refractivity contribution in [3.63, 3.8) is 0 Å². The number of carbonyl (C=O) groups excluding carboxylic acids is 1. The van der Waals surface area contributed by atoms with E-state index in [0.717, 1.165) is 12.1 Å². The quantitative estimate of drug-likeness (QED) is 0.782. The van der Waals surface area contributed by atoms with Crippen molar-refractivity contribution < 1.29 is 22.7 Å². The molecule has 0 amide bonds. The molecule has 0 aliphatic carbocycles. The fourth-order valence-electron chi connectivity index (χ4n) is 1.68. The minimum atomic E-state index is -4.46. The van der Waals surface area contributed by atoms with Gasteiger partial charge in [-0.05, 0) is 18.2 Å². The third-order valence-corrected chi connectivity index (χ3v) is 2.43. The second kappa shape index (κ2) is 3.80. The number of halogens is 3. The molecule has 0 unspecified atom stereocenters. The van der Waals surface area contributed by atoms with Crippen LogP contribution >= 0.6 is 0 Å². The highest BCUT2D eigenvalue weighted by Gasteiger charge is 2.33. The molecular formula is C11H8F3NO2. The molecule has 0 spiro atoms. The Morgan fingerprint density at radius 2 is 2.00 bits per heavy atom. The zero-order valence-corrected chi connectivity index (χ0v) is 8.76. The Morgan fingerprint density at radius 1 is 1.29 bits per heavy atom. The molecule has 0 aliphatic rings. The number of benzene rings is 1. The molecule has 0 saturated carbocycles. The van der Waals surface area contributed by atoms with E-state index in [-0.39, 0.29) is 16.5 Å². The lowest BCUT2D eigenvalue weighted by molar-refractivity contribution is -0.136. The Hall–Kier alpha value is -1.98. The SMILES string of the molecule is COC(=O)c1ccc(C(F)(F)F)c2[nH]ccc12. The number of carbonyl (C=O) groups is 1. The first kappa shape index (κ1) is 11.5. The smallest absolute Gasteiger partial charge is 0.418 e. The molecule has 1 aromatic heterocycles. The second-order valence-corrected chi connectivity index (χ2v) is 3.42. The monoisotopic (exact) mass is 243 g/mol. The van der Waals surface area contributed by atoms with Crippen LogP contribution in [0.2, 0.25) is 0 Å². The average molecular weight is 243 g/mol. The minimum absolute atomic E-state index is 0.108. The molecule has 0 bridgehead atoms. The topological polar surface area (TPSA) is 42.1 Å². The van der Waals surface area contributed by atoms with E-state index < -0.39 is 17.7 Å². The Labute approximate surface area is 94.2 Å². The Bertz CT molecular complexity index is 572. The maximum atomic E-state index is 12.7. The summed E-state index contributed by atoms with van der Waals surface area (Å²) in [5, 5.41) is 0.201. The first-order chi connectivity index (χ1) is 7.95. The van der Waals surface area contributed by atoms with Gasteiger partial charge in [0.2, 0.25) is 0 Å². The van der Waals surface area contributed by atoms with Crippen molar-refractivity contribution in [1.82, 2.24) is 4.98 Å². The van der Waals surface area contributed by atoms with E-state index in [0.29, 0.717) is 0 Å². The van der Waals surface area contributed by atoms with Crippen molar-refractivity contribution in [2.75, 3.05) is 7.11 Å². The van der Waals surface area contributed by atoms with Gasteiger partial charge in [-0.2, -0.15) is 13.2 Å². The van der Waals surface area contributed by atoms with Gasteiger partial charge < -0.3 is 9.72 Å². The predicted molar refractivity (Wildman–Crippen MR) is 54.6 cm³/mol. The molecule has 17 heavy (non-hydrogen) atoms. The third kappa shape index (κ3) is 1.86. The van der Waals surface area contributed by atoms with Gasteiger partial charge in [-0.3, -0.25) is 0 Å². The molecule has 1 heterocycles. The van der Waals surface area contributed by atoms with Gasteiger partial charge in [-0.15, -0.1) is 0 Å². The van der Waals surface area contributed by atoms with Crippen molar-refractivity contribution in [2.24, 2.45) is 0 Å². The molecule has 0 radical (unpaired) electrons. The van der Waals surface area contributed by atoms with E-state index in [2.05, 4.69) is 9.72 Å². The van der Waals surface area contributed by atoms with Gasteiger partial charge in [0, 0.05) is 11.6 Å². The molecule has 90 valence electrons. The molecule has 6 heteroatoms. The molecule has 0 aliphatic heterocycles. The summed E-state index contributed by atoms with van der Waals surface area (Å²) in [7, 11) is 1.18. The molecule has 0 fully saturated rings. The Morgan fingerprint density at radius 3 is 2.59 bits per heavy atom. The van der Waals surface area contributed by atoms with Crippen LogP contribution in [-0.2, 0) is 10.9 Å². The van der Waals surface area contributed by atoms with Gasteiger partial charge in [0.1, 0.15) is 0 Å². The number of ether oxygens (including phenoxy) is 1. The number of esters is 1. The van der Waals surface area contributed by atoms with Crippen LogP contribution in [0.1, 0.15) is 15.9 Å². The first-order valence-electron chi connectivity index (χ1n) is 4.70. The van der Waals surface area contributed by atoms with Gasteiger partial charge in [-0.1, -0.05) is 0 Å². The molecule has 2 aromatic rings. The Balaban J connectivity index is 2.71. The standard InChI is InChI=1S/C11H8F3NO2/c1-17-10(16)7-2-3-8(11(12,13)14)9-6(7)4-5-15-9/h2-5,15H,1H3. The summed E-state index contributed by atoms with van der Waals surface area (Å²) in [6.07, 6.45) is -3.11. The molecule has 3 nitrogen and oxygen atoms in total. The number of rotatable bonds is 1. The summed E-state index contributed by atoms with van der Waals surface area (Å²) in [5.74, 6) is -0.664. The van der Waals surface area contributed by atoms with Crippen LogP contribution < -0.4 is 0 Å². The normalized spacial score (nSPS) is 11.8. The molecule has 0 saturated heterocycles. The molecule has 0 atom stereocenters. The van der Waals surface area contributed by atoms with Gasteiger partial charge in [0.25, 0.3) is 0 Å². The lowest BCUT2D eigenvalue weighted by Gasteiger charge is -2.09. The summed E-state index contributed by atoms with van der Waals surface area (Å²) in [6, 6.07) is 3.40. The van der Waals surface area contributed by atoms with E-state index in [1.807, 2.05) is 0 Å². The number of fused-ring (bicyclic) bond motifs is 1. The van der Waals surface area contributed by atoms with Gasteiger partial charge >= 0.3 is 12.1 Å². The van der Waals surface area contributed by atoms with E-state index in [1.54, 1.807) is 0 Å². The van der Waals surface area contributed by atoms with Crippen molar-refractivity contribution in [2.45, 2.75) is 6.18 Å². The number of nitrogens with one attached hydrogen (secondary N) is 1.